The molecule has 0 fully saturated rings. The number of aromatic nitrogens is 1. The van der Waals surface area contributed by atoms with Gasteiger partial charge in [0.05, 0.1) is 5.69 Å². The smallest absolute Gasteiger partial charge is 0.144 e. The van der Waals surface area contributed by atoms with Crippen molar-refractivity contribution in [2.24, 2.45) is 0 Å². The van der Waals surface area contributed by atoms with Gasteiger partial charge in [-0.3, -0.25) is 4.98 Å². The van der Waals surface area contributed by atoms with Crippen LogP contribution in [-0.2, 0) is 5.41 Å². The Morgan fingerprint density at radius 3 is 2.06 bits per heavy atom. The summed E-state index contributed by atoms with van der Waals surface area (Å²) < 4.78 is 6.65. The predicted octanol–water partition coefficient (Wildman–Crippen LogP) is 9.41. The fourth-order valence-corrected chi connectivity index (χ4v) is 5.57. The van der Waals surface area contributed by atoms with Crippen LogP contribution in [0.4, 0.5) is 0 Å². The van der Waals surface area contributed by atoms with Crippen LogP contribution in [0.15, 0.2) is 102 Å². The van der Waals surface area contributed by atoms with E-state index in [0.29, 0.717) is 0 Å². The average molecular weight is 452 g/mol. The molecule has 2 heterocycles. The zero-order valence-corrected chi connectivity index (χ0v) is 20.1. The van der Waals surface area contributed by atoms with Crippen molar-refractivity contribution >= 4 is 54.3 Å². The third-order valence-corrected chi connectivity index (χ3v) is 7.26. The second kappa shape index (κ2) is 7.16. The molecule has 2 aromatic heterocycles. The number of benzene rings is 5. The largest absolute Gasteiger partial charge is 0.455 e. The summed E-state index contributed by atoms with van der Waals surface area (Å²) in [4.78, 5) is 4.88. The lowest BCUT2D eigenvalue weighted by atomic mass is 9.86. The van der Waals surface area contributed by atoms with E-state index < -0.39 is 0 Å². The van der Waals surface area contributed by atoms with Gasteiger partial charge in [-0.2, -0.15) is 0 Å². The van der Waals surface area contributed by atoms with Gasteiger partial charge in [-0.1, -0.05) is 99.6 Å². The summed E-state index contributed by atoms with van der Waals surface area (Å²) in [5.74, 6) is 0. The molecule has 0 radical (unpaired) electrons. The summed E-state index contributed by atoms with van der Waals surface area (Å²) in [6.45, 7) is 6.70. The molecule has 0 amide bonds. The van der Waals surface area contributed by atoms with Gasteiger partial charge in [0.2, 0.25) is 0 Å². The van der Waals surface area contributed by atoms with Crippen LogP contribution < -0.4 is 0 Å². The van der Waals surface area contributed by atoms with Crippen molar-refractivity contribution in [1.82, 2.24) is 4.98 Å². The average Bonchev–Trinajstić information content (AvgIpc) is 3.26. The molecule has 7 rings (SSSR count). The molecule has 2 nitrogen and oxygen atoms in total. The molecule has 5 aromatic carbocycles. The highest BCUT2D eigenvalue weighted by Crippen LogP contribution is 2.41. The molecule has 0 saturated carbocycles. The fourth-order valence-electron chi connectivity index (χ4n) is 5.57. The first-order chi connectivity index (χ1) is 17.0. The molecule has 0 unspecified atom stereocenters. The molecular formula is C33H25NO. The predicted molar refractivity (Wildman–Crippen MR) is 148 cm³/mol. The highest BCUT2D eigenvalue weighted by molar-refractivity contribution is 6.20. The van der Waals surface area contributed by atoms with Gasteiger partial charge in [-0.25, -0.2) is 0 Å². The van der Waals surface area contributed by atoms with Crippen molar-refractivity contribution in [2.45, 2.75) is 26.2 Å². The lowest BCUT2D eigenvalue weighted by molar-refractivity contribution is 0.573. The first kappa shape index (κ1) is 20.2. The highest BCUT2D eigenvalue weighted by Gasteiger charge is 2.22. The Hall–Kier alpha value is -4.17. The maximum Gasteiger partial charge on any atom is 0.144 e. The number of fused-ring (bicyclic) bond motifs is 8. The van der Waals surface area contributed by atoms with E-state index in [9.17, 15) is 0 Å². The van der Waals surface area contributed by atoms with Crippen LogP contribution in [-0.4, -0.2) is 4.98 Å². The SMILES string of the molecule is CC(C)(C)c1cccc2c1oc1c(-c3nccc4c3ccc3c5ccccc5ccc43)cccc12. The Bertz CT molecular complexity index is 1940. The summed E-state index contributed by atoms with van der Waals surface area (Å²) in [7, 11) is 0. The first-order valence-electron chi connectivity index (χ1n) is 12.1. The number of rotatable bonds is 1. The van der Waals surface area contributed by atoms with E-state index >= 15 is 0 Å². The van der Waals surface area contributed by atoms with Gasteiger partial charge in [0.1, 0.15) is 11.2 Å². The molecule has 0 atom stereocenters. The maximum absolute atomic E-state index is 6.65. The van der Waals surface area contributed by atoms with Crippen molar-refractivity contribution < 1.29 is 4.42 Å². The summed E-state index contributed by atoms with van der Waals surface area (Å²) in [5, 5.41) is 9.69. The van der Waals surface area contributed by atoms with E-state index in [2.05, 4.69) is 112 Å². The number of furan rings is 1. The van der Waals surface area contributed by atoms with Crippen molar-refractivity contribution in [2.75, 3.05) is 0 Å². The van der Waals surface area contributed by atoms with E-state index in [0.717, 1.165) is 38.6 Å². The Kier molecular flexibility index (Phi) is 4.14. The van der Waals surface area contributed by atoms with E-state index in [4.69, 9.17) is 9.40 Å². The monoisotopic (exact) mass is 451 g/mol. The molecule has 7 aromatic rings. The van der Waals surface area contributed by atoms with Crippen LogP contribution in [0.5, 0.6) is 0 Å². The molecule has 0 aliphatic carbocycles. The van der Waals surface area contributed by atoms with Gasteiger partial charge < -0.3 is 4.42 Å². The lowest BCUT2D eigenvalue weighted by Crippen LogP contribution is -2.10. The second-order valence-electron chi connectivity index (χ2n) is 10.4. The van der Waals surface area contributed by atoms with Crippen molar-refractivity contribution in [1.29, 1.82) is 0 Å². The summed E-state index contributed by atoms with van der Waals surface area (Å²) in [5.41, 5.74) is 5.08. The molecule has 0 bridgehead atoms. The molecule has 0 aliphatic rings. The van der Waals surface area contributed by atoms with Crippen LogP contribution >= 0.6 is 0 Å². The standard InChI is InChI=1S/C33H25NO/c1-33(2,3)29-13-7-11-27-26-10-6-12-28(31(26)35-32(27)29)30-25-17-16-22-21-9-5-4-8-20(21)14-15-23(22)24(25)18-19-34-30/h4-19H,1-3H3. The molecule has 35 heavy (non-hydrogen) atoms. The molecular weight excluding hydrogens is 426 g/mol. The zero-order valence-electron chi connectivity index (χ0n) is 20.1. The topological polar surface area (TPSA) is 26.0 Å². The Labute approximate surface area is 203 Å². The summed E-state index contributed by atoms with van der Waals surface area (Å²) >= 11 is 0. The molecule has 0 N–H and O–H groups in total. The zero-order chi connectivity index (χ0) is 23.7. The van der Waals surface area contributed by atoms with Crippen LogP contribution in [0.3, 0.4) is 0 Å². The number of nitrogens with zero attached hydrogens (tertiary/aromatic N) is 1. The third-order valence-electron chi connectivity index (χ3n) is 7.26. The Morgan fingerprint density at radius 2 is 1.20 bits per heavy atom. The van der Waals surface area contributed by atoms with Gasteiger partial charge in [0, 0.05) is 33.5 Å². The first-order valence-corrected chi connectivity index (χ1v) is 12.1. The van der Waals surface area contributed by atoms with Crippen molar-refractivity contribution in [3.8, 4) is 11.3 Å². The Morgan fingerprint density at radius 1 is 0.543 bits per heavy atom. The normalized spacial score (nSPS) is 12.4. The number of pyridine rings is 1. The van der Waals surface area contributed by atoms with Crippen LogP contribution in [0.2, 0.25) is 0 Å². The molecule has 2 heteroatoms. The van der Waals surface area contributed by atoms with Gasteiger partial charge in [-0.15, -0.1) is 0 Å². The fraction of sp³-hybridized carbons (Fsp3) is 0.121. The second-order valence-corrected chi connectivity index (χ2v) is 10.4. The highest BCUT2D eigenvalue weighted by atomic mass is 16.3. The number of hydrogen-bond acceptors (Lipinski definition) is 2. The summed E-state index contributed by atoms with van der Waals surface area (Å²) in [6, 6.07) is 32.5. The van der Waals surface area contributed by atoms with Crippen LogP contribution in [0, 0.1) is 0 Å². The molecule has 0 saturated heterocycles. The van der Waals surface area contributed by atoms with Gasteiger partial charge in [0.15, 0.2) is 0 Å². The van der Waals surface area contributed by atoms with E-state index in [1.54, 1.807) is 0 Å². The molecule has 168 valence electrons. The molecule has 0 aliphatic heterocycles. The van der Waals surface area contributed by atoms with E-state index in [1.165, 1.54) is 32.5 Å². The molecule has 0 spiro atoms. The van der Waals surface area contributed by atoms with Crippen molar-refractivity contribution in [3.05, 3.63) is 103 Å². The van der Waals surface area contributed by atoms with Crippen LogP contribution in [0.1, 0.15) is 26.3 Å². The minimum atomic E-state index is -0.00701. The van der Waals surface area contributed by atoms with E-state index in [1.807, 2.05) is 6.20 Å². The summed E-state index contributed by atoms with van der Waals surface area (Å²) in [6.07, 6.45) is 1.92. The minimum absolute atomic E-state index is 0.00701. The lowest BCUT2D eigenvalue weighted by Gasteiger charge is -2.18. The quantitative estimate of drug-likeness (QED) is 0.232. The van der Waals surface area contributed by atoms with Crippen LogP contribution in [0.25, 0.3) is 65.5 Å². The number of para-hydroxylation sites is 2. The van der Waals surface area contributed by atoms with E-state index in [-0.39, 0.29) is 5.41 Å². The maximum atomic E-state index is 6.65. The van der Waals surface area contributed by atoms with Gasteiger partial charge in [-0.05, 0) is 44.5 Å². The van der Waals surface area contributed by atoms with Gasteiger partial charge in [0.25, 0.3) is 0 Å². The third kappa shape index (κ3) is 2.93. The van der Waals surface area contributed by atoms with Crippen molar-refractivity contribution in [3.63, 3.8) is 0 Å². The number of hydrogen-bond donors (Lipinski definition) is 0. The van der Waals surface area contributed by atoms with Gasteiger partial charge >= 0.3 is 0 Å². The Balaban J connectivity index is 1.55. The minimum Gasteiger partial charge on any atom is -0.455 e.